The number of ether oxygens (including phenoxy) is 5. The minimum absolute atomic E-state index is 0.250. The molecule has 5 atom stereocenters. The topological polar surface area (TPSA) is 152 Å². The van der Waals surface area contributed by atoms with Gasteiger partial charge in [0.25, 0.3) is 0 Å². The van der Waals surface area contributed by atoms with Gasteiger partial charge >= 0.3 is 23.9 Å². The molecule has 1 saturated heterocycles. The fourth-order valence-electron chi connectivity index (χ4n) is 5.09. The van der Waals surface area contributed by atoms with Gasteiger partial charge in [0.1, 0.15) is 12.7 Å². The van der Waals surface area contributed by atoms with Gasteiger partial charge in [-0.05, 0) is 12.8 Å². The lowest BCUT2D eigenvalue weighted by Crippen LogP contribution is -2.48. The molecule has 1 rings (SSSR count). The van der Waals surface area contributed by atoms with E-state index in [-0.39, 0.29) is 13.1 Å². The van der Waals surface area contributed by atoms with Crippen LogP contribution in [0.3, 0.4) is 0 Å². The Morgan fingerprint density at radius 1 is 0.674 bits per heavy atom. The zero-order chi connectivity index (χ0) is 32.4. The summed E-state index contributed by atoms with van der Waals surface area (Å²) in [5.74, 6) is -3.04. The molecule has 13 heteroatoms. The summed E-state index contributed by atoms with van der Waals surface area (Å²) in [5, 5.41) is 0. The van der Waals surface area contributed by atoms with Gasteiger partial charge in [0, 0.05) is 40.8 Å². The van der Waals surface area contributed by atoms with E-state index in [9.17, 15) is 27.6 Å². The lowest BCUT2D eigenvalue weighted by atomic mass is 10.1. The van der Waals surface area contributed by atoms with Crippen molar-refractivity contribution in [1.82, 2.24) is 4.31 Å². The summed E-state index contributed by atoms with van der Waals surface area (Å²) in [6.07, 6.45) is 5.84. The molecule has 1 fully saturated rings. The fraction of sp³-hybridized carbons (Fsp3) is 0.867. The van der Waals surface area contributed by atoms with Crippen molar-refractivity contribution in [1.29, 1.82) is 0 Å². The molecule has 0 aromatic rings. The van der Waals surface area contributed by atoms with Crippen LogP contribution in [0.2, 0.25) is 0 Å². The number of esters is 4. The van der Waals surface area contributed by atoms with Gasteiger partial charge in [0.2, 0.25) is 15.5 Å². The molecule has 0 amide bonds. The highest BCUT2D eigenvalue weighted by Gasteiger charge is 2.58. The molecule has 43 heavy (non-hydrogen) atoms. The molecule has 1 unspecified atom stereocenters. The van der Waals surface area contributed by atoms with Crippen molar-refractivity contribution in [3.05, 3.63) is 0 Å². The van der Waals surface area contributed by atoms with E-state index in [1.54, 1.807) is 0 Å². The van der Waals surface area contributed by atoms with Crippen molar-refractivity contribution in [2.75, 3.05) is 19.7 Å². The zero-order valence-corrected chi connectivity index (χ0v) is 27.7. The van der Waals surface area contributed by atoms with Gasteiger partial charge in [-0.15, -0.1) is 0 Å². The van der Waals surface area contributed by atoms with Crippen molar-refractivity contribution in [3.8, 4) is 0 Å². The standard InChI is InChI=1S/C30H53NO11S/c1-7-9-11-13-15-17-19-31(20-18-16-14-12-10-8-2)43(36,37)30-29(41-25(6)35)28(40-24(5)34)27(42-30)26(39-23(4)33)21-38-22(3)32/h26-30H,7-21H2,1-6H3/t26-,27-,28+,29-,30?/m1/s1. The number of hydrogen-bond acceptors (Lipinski definition) is 11. The molecule has 1 aliphatic rings. The average Bonchev–Trinajstić information content (AvgIpc) is 3.25. The molecule has 0 aromatic heterocycles. The molecule has 0 aliphatic carbocycles. The van der Waals surface area contributed by atoms with Crippen LogP contribution in [0.5, 0.6) is 0 Å². The summed E-state index contributed by atoms with van der Waals surface area (Å²) in [5.41, 5.74) is -1.75. The maximum absolute atomic E-state index is 14.2. The number of unbranched alkanes of at least 4 members (excludes halogenated alkanes) is 10. The second-order valence-electron chi connectivity index (χ2n) is 11.0. The van der Waals surface area contributed by atoms with Crippen molar-refractivity contribution in [2.45, 2.75) is 148 Å². The summed E-state index contributed by atoms with van der Waals surface area (Å²) >= 11 is 0. The van der Waals surface area contributed by atoms with Crippen LogP contribution in [-0.2, 0) is 52.9 Å². The largest absolute Gasteiger partial charge is 0.462 e. The van der Waals surface area contributed by atoms with Crippen LogP contribution in [0, 0.1) is 0 Å². The van der Waals surface area contributed by atoms with E-state index in [1.807, 2.05) is 0 Å². The monoisotopic (exact) mass is 635 g/mol. The van der Waals surface area contributed by atoms with E-state index in [0.29, 0.717) is 12.8 Å². The molecule has 250 valence electrons. The maximum atomic E-state index is 14.2. The average molecular weight is 636 g/mol. The molecule has 1 heterocycles. The number of hydrogen-bond donors (Lipinski definition) is 0. The van der Waals surface area contributed by atoms with E-state index in [4.69, 9.17) is 23.7 Å². The Morgan fingerprint density at radius 3 is 1.58 bits per heavy atom. The Labute approximate surface area is 257 Å². The van der Waals surface area contributed by atoms with Crippen LogP contribution in [0.1, 0.15) is 119 Å². The normalized spacial score (nSPS) is 20.9. The number of carbonyl (C=O) groups is 4. The number of carbonyl (C=O) groups excluding carboxylic acids is 4. The summed E-state index contributed by atoms with van der Waals surface area (Å²) < 4.78 is 57.0. The van der Waals surface area contributed by atoms with Crippen LogP contribution >= 0.6 is 0 Å². The Bertz CT molecular complexity index is 955. The van der Waals surface area contributed by atoms with Gasteiger partial charge < -0.3 is 23.7 Å². The SMILES string of the molecule is CCCCCCCCN(CCCCCCCC)S(=O)(=O)C1O[C@H]([C@@H](COC(C)=O)OC(C)=O)[C@H](OC(C)=O)[C@H]1OC(C)=O. The molecule has 0 N–H and O–H groups in total. The van der Waals surface area contributed by atoms with Crippen molar-refractivity contribution < 1.29 is 51.3 Å². The minimum atomic E-state index is -4.29. The van der Waals surface area contributed by atoms with Crippen molar-refractivity contribution in [2.24, 2.45) is 0 Å². The van der Waals surface area contributed by atoms with E-state index < -0.39 is 70.4 Å². The van der Waals surface area contributed by atoms with Gasteiger partial charge in [-0.25, -0.2) is 8.42 Å². The van der Waals surface area contributed by atoms with Gasteiger partial charge in [-0.2, -0.15) is 4.31 Å². The number of rotatable bonds is 22. The van der Waals surface area contributed by atoms with Crippen LogP contribution < -0.4 is 0 Å². The summed E-state index contributed by atoms with van der Waals surface area (Å²) in [6.45, 7) is 8.76. The predicted molar refractivity (Wildman–Crippen MR) is 159 cm³/mol. The quantitative estimate of drug-likeness (QED) is 0.0944. The highest BCUT2D eigenvalue weighted by molar-refractivity contribution is 7.89. The highest BCUT2D eigenvalue weighted by Crippen LogP contribution is 2.35. The molecule has 0 bridgehead atoms. The van der Waals surface area contributed by atoms with E-state index in [1.165, 1.54) is 4.31 Å². The molecule has 12 nitrogen and oxygen atoms in total. The molecular formula is C30H53NO11S. The summed E-state index contributed by atoms with van der Waals surface area (Å²) in [4.78, 5) is 47.7. The first kappa shape index (κ1) is 38.8. The third kappa shape index (κ3) is 14.4. The van der Waals surface area contributed by atoms with Gasteiger partial charge in [0.05, 0.1) is 0 Å². The Kier molecular flexibility index (Phi) is 18.6. The molecular weight excluding hydrogens is 582 g/mol. The van der Waals surface area contributed by atoms with Gasteiger partial charge in [0.15, 0.2) is 18.3 Å². The van der Waals surface area contributed by atoms with Gasteiger partial charge in [-0.1, -0.05) is 78.1 Å². The Morgan fingerprint density at radius 2 is 1.14 bits per heavy atom. The third-order valence-electron chi connectivity index (χ3n) is 7.12. The van der Waals surface area contributed by atoms with Crippen molar-refractivity contribution in [3.63, 3.8) is 0 Å². The summed E-state index contributed by atoms with van der Waals surface area (Å²) in [7, 11) is -4.29. The van der Waals surface area contributed by atoms with E-state index >= 15 is 0 Å². The predicted octanol–water partition coefficient (Wildman–Crippen LogP) is 4.42. The van der Waals surface area contributed by atoms with Crippen molar-refractivity contribution >= 4 is 33.9 Å². The Balaban J connectivity index is 3.38. The van der Waals surface area contributed by atoms with Crippen LogP contribution in [-0.4, -0.2) is 86.1 Å². The van der Waals surface area contributed by atoms with E-state index in [0.717, 1.165) is 91.9 Å². The highest BCUT2D eigenvalue weighted by atomic mass is 32.2. The second kappa shape index (κ2) is 20.7. The van der Waals surface area contributed by atoms with Gasteiger partial charge in [-0.3, -0.25) is 19.2 Å². The maximum Gasteiger partial charge on any atom is 0.303 e. The molecule has 0 radical (unpaired) electrons. The number of nitrogens with zero attached hydrogens (tertiary/aromatic N) is 1. The summed E-state index contributed by atoms with van der Waals surface area (Å²) in [6, 6.07) is 0. The first-order chi connectivity index (χ1) is 20.3. The molecule has 0 spiro atoms. The zero-order valence-electron chi connectivity index (χ0n) is 26.8. The first-order valence-corrected chi connectivity index (χ1v) is 17.1. The number of sulfonamides is 1. The second-order valence-corrected chi connectivity index (χ2v) is 13.1. The minimum Gasteiger partial charge on any atom is -0.462 e. The first-order valence-electron chi connectivity index (χ1n) is 15.6. The lowest BCUT2D eigenvalue weighted by molar-refractivity contribution is -0.176. The Hall–Kier alpha value is -2.25. The smallest absolute Gasteiger partial charge is 0.303 e. The fourth-order valence-corrected chi connectivity index (χ4v) is 6.97. The van der Waals surface area contributed by atoms with Crippen LogP contribution in [0.15, 0.2) is 0 Å². The molecule has 1 aliphatic heterocycles. The lowest BCUT2D eigenvalue weighted by Gasteiger charge is -2.28. The van der Waals surface area contributed by atoms with Crippen LogP contribution in [0.25, 0.3) is 0 Å². The molecule has 0 aromatic carbocycles. The molecule has 0 saturated carbocycles. The van der Waals surface area contributed by atoms with Crippen LogP contribution in [0.4, 0.5) is 0 Å². The third-order valence-corrected chi connectivity index (χ3v) is 9.17. The van der Waals surface area contributed by atoms with E-state index in [2.05, 4.69) is 13.8 Å².